The minimum Gasteiger partial charge on any atom is -0.460 e. The molecule has 2 amide bonds. The van der Waals surface area contributed by atoms with Gasteiger partial charge in [-0.3, -0.25) is 4.79 Å². The van der Waals surface area contributed by atoms with Crippen LogP contribution in [0.15, 0.2) is 83.9 Å². The Hall–Kier alpha value is -3.51. The van der Waals surface area contributed by atoms with E-state index in [1.165, 1.54) is 12.1 Å². The maximum absolute atomic E-state index is 13.5. The maximum Gasteiger partial charge on any atom is 0.341 e. The molecule has 1 aliphatic rings. The molecular formula is C26H22ClFN2O3. The Bertz CT molecular complexity index is 1170. The lowest BCUT2D eigenvalue weighted by molar-refractivity contribution is -0.148. The molecule has 0 saturated carbocycles. The van der Waals surface area contributed by atoms with Gasteiger partial charge < -0.3 is 10.1 Å². The molecule has 1 N–H and O–H groups in total. The summed E-state index contributed by atoms with van der Waals surface area (Å²) in [5, 5.41) is 3.36. The van der Waals surface area contributed by atoms with Crippen LogP contribution in [0.25, 0.3) is 0 Å². The van der Waals surface area contributed by atoms with Crippen LogP contribution in [0.2, 0.25) is 5.02 Å². The van der Waals surface area contributed by atoms with Crippen LogP contribution < -0.4 is 5.32 Å². The number of esters is 1. The third-order valence-electron chi connectivity index (χ3n) is 5.48. The minimum atomic E-state index is -0.837. The van der Waals surface area contributed by atoms with Crippen LogP contribution in [0.3, 0.4) is 0 Å². The van der Waals surface area contributed by atoms with Crippen molar-refractivity contribution in [3.8, 4) is 0 Å². The van der Waals surface area contributed by atoms with Crippen molar-refractivity contribution in [1.29, 1.82) is 0 Å². The Morgan fingerprint density at radius 1 is 0.970 bits per heavy atom. The van der Waals surface area contributed by atoms with Gasteiger partial charge in [0.15, 0.2) is 0 Å². The fraction of sp³-hybridized carbons (Fsp3) is 0.192. The number of hydrogen-bond donors (Lipinski definition) is 1. The Morgan fingerprint density at radius 3 is 2.42 bits per heavy atom. The van der Waals surface area contributed by atoms with E-state index in [1.807, 2.05) is 48.5 Å². The average Bonchev–Trinajstić information content (AvgIpc) is 2.82. The van der Waals surface area contributed by atoms with Gasteiger partial charge in [-0.2, -0.15) is 0 Å². The molecule has 7 heteroatoms. The number of halogens is 2. The van der Waals surface area contributed by atoms with Crippen LogP contribution in [0.5, 0.6) is 0 Å². The van der Waals surface area contributed by atoms with Gasteiger partial charge in [0.25, 0.3) is 0 Å². The number of aliphatic imine (C=N–C) groups is 1. The molecule has 0 aromatic heterocycles. The van der Waals surface area contributed by atoms with Crippen molar-refractivity contribution in [3.05, 3.63) is 106 Å². The van der Waals surface area contributed by atoms with Crippen molar-refractivity contribution in [1.82, 2.24) is 5.32 Å². The summed E-state index contributed by atoms with van der Waals surface area (Å²) in [6.45, 7) is 0.0990. The highest BCUT2D eigenvalue weighted by atomic mass is 35.5. The van der Waals surface area contributed by atoms with E-state index in [0.29, 0.717) is 29.1 Å². The first-order valence-electron chi connectivity index (χ1n) is 10.6. The van der Waals surface area contributed by atoms with Gasteiger partial charge in [-0.05, 0) is 53.8 Å². The molecule has 0 radical (unpaired) electrons. The van der Waals surface area contributed by atoms with E-state index in [9.17, 15) is 14.0 Å². The molecule has 3 aromatic rings. The average molecular weight is 465 g/mol. The van der Waals surface area contributed by atoms with E-state index >= 15 is 0 Å². The molecule has 0 bridgehead atoms. The first-order chi connectivity index (χ1) is 16.0. The Balaban J connectivity index is 1.60. The summed E-state index contributed by atoms with van der Waals surface area (Å²) in [5.41, 5.74) is 2.83. The molecule has 2 atom stereocenters. The number of benzene rings is 3. The second-order valence-corrected chi connectivity index (χ2v) is 8.22. The lowest BCUT2D eigenvalue weighted by Crippen LogP contribution is -2.45. The van der Waals surface area contributed by atoms with Gasteiger partial charge in [0.1, 0.15) is 18.3 Å². The number of carbonyl (C=O) groups excluding carboxylic acids is 2. The standard InChI is InChI=1S/C26H22ClFN2O3/c27-20-8-4-7-17(15-20)9-14-22-23(25(31)33-16-18-5-2-1-3-6-18)24(30-26(32)29-22)19-10-12-21(28)13-11-19/h1-8,10-13,15,23-24H,9,14,16H2,(H,30,32). The van der Waals surface area contributed by atoms with Crippen LogP contribution >= 0.6 is 11.6 Å². The highest BCUT2D eigenvalue weighted by Gasteiger charge is 2.39. The van der Waals surface area contributed by atoms with Crippen molar-refractivity contribution in [2.45, 2.75) is 25.5 Å². The number of nitrogens with one attached hydrogen (secondary N) is 1. The van der Waals surface area contributed by atoms with Crippen molar-refractivity contribution < 1.29 is 18.7 Å². The molecule has 0 saturated heterocycles. The summed E-state index contributed by atoms with van der Waals surface area (Å²) in [4.78, 5) is 29.8. The molecule has 4 rings (SSSR count). The molecule has 1 heterocycles. The summed E-state index contributed by atoms with van der Waals surface area (Å²) in [6.07, 6.45) is 0.918. The summed E-state index contributed by atoms with van der Waals surface area (Å²) in [7, 11) is 0. The fourth-order valence-electron chi connectivity index (χ4n) is 3.85. The normalized spacial score (nSPS) is 17.8. The predicted molar refractivity (Wildman–Crippen MR) is 125 cm³/mol. The van der Waals surface area contributed by atoms with Gasteiger partial charge in [-0.1, -0.05) is 66.2 Å². The summed E-state index contributed by atoms with van der Waals surface area (Å²) < 4.78 is 19.1. The van der Waals surface area contributed by atoms with Crippen molar-refractivity contribution in [3.63, 3.8) is 0 Å². The molecule has 1 aliphatic heterocycles. The van der Waals surface area contributed by atoms with Crippen LogP contribution in [0.4, 0.5) is 9.18 Å². The smallest absolute Gasteiger partial charge is 0.341 e. The van der Waals surface area contributed by atoms with Gasteiger partial charge in [0.05, 0.1) is 6.04 Å². The largest absolute Gasteiger partial charge is 0.460 e. The third kappa shape index (κ3) is 5.84. The summed E-state index contributed by atoms with van der Waals surface area (Å²) in [5.74, 6) is -1.74. The number of carbonyl (C=O) groups is 2. The SMILES string of the molecule is O=C1N=C(CCc2cccc(Cl)c2)C(C(=O)OCc2ccccc2)C(c2ccc(F)cc2)N1. The second kappa shape index (κ2) is 10.4. The summed E-state index contributed by atoms with van der Waals surface area (Å²) >= 11 is 6.08. The minimum absolute atomic E-state index is 0.0990. The highest BCUT2D eigenvalue weighted by Crippen LogP contribution is 2.30. The number of hydrogen-bond acceptors (Lipinski definition) is 3. The predicted octanol–water partition coefficient (Wildman–Crippen LogP) is 5.68. The second-order valence-electron chi connectivity index (χ2n) is 7.78. The van der Waals surface area contributed by atoms with Crippen LogP contribution in [-0.4, -0.2) is 17.7 Å². The van der Waals surface area contributed by atoms with E-state index in [1.54, 1.807) is 18.2 Å². The van der Waals surface area contributed by atoms with Crippen LogP contribution in [0.1, 0.15) is 29.2 Å². The van der Waals surface area contributed by atoms with E-state index < -0.39 is 29.8 Å². The third-order valence-corrected chi connectivity index (χ3v) is 5.72. The molecular weight excluding hydrogens is 443 g/mol. The van der Waals surface area contributed by atoms with Gasteiger partial charge in [-0.15, -0.1) is 0 Å². The maximum atomic E-state index is 13.5. The first-order valence-corrected chi connectivity index (χ1v) is 11.0. The fourth-order valence-corrected chi connectivity index (χ4v) is 4.07. The molecule has 3 aromatic carbocycles. The van der Waals surface area contributed by atoms with Crippen molar-refractivity contribution in [2.75, 3.05) is 0 Å². The van der Waals surface area contributed by atoms with Crippen LogP contribution in [-0.2, 0) is 22.6 Å². The highest BCUT2D eigenvalue weighted by molar-refractivity contribution is 6.30. The van der Waals surface area contributed by atoms with Gasteiger partial charge in [0, 0.05) is 10.7 Å². The number of urea groups is 1. The Morgan fingerprint density at radius 2 is 1.70 bits per heavy atom. The van der Waals surface area contributed by atoms with E-state index in [4.69, 9.17) is 16.3 Å². The zero-order valence-corrected chi connectivity index (χ0v) is 18.5. The van der Waals surface area contributed by atoms with E-state index in [0.717, 1.165) is 11.1 Å². The van der Waals surface area contributed by atoms with Gasteiger partial charge in [0.2, 0.25) is 0 Å². The van der Waals surface area contributed by atoms with Gasteiger partial charge >= 0.3 is 12.0 Å². The number of ether oxygens (including phenoxy) is 1. The van der Waals surface area contributed by atoms with E-state index in [2.05, 4.69) is 10.3 Å². The molecule has 2 unspecified atom stereocenters. The molecule has 0 spiro atoms. The van der Waals surface area contributed by atoms with Crippen molar-refractivity contribution >= 4 is 29.3 Å². The van der Waals surface area contributed by atoms with Crippen LogP contribution in [0, 0.1) is 11.7 Å². The molecule has 0 fully saturated rings. The molecule has 33 heavy (non-hydrogen) atoms. The topological polar surface area (TPSA) is 67.8 Å². The number of amides is 2. The quantitative estimate of drug-likeness (QED) is 0.457. The van der Waals surface area contributed by atoms with Gasteiger partial charge in [-0.25, -0.2) is 14.2 Å². The zero-order valence-electron chi connectivity index (χ0n) is 17.7. The Labute approximate surface area is 196 Å². The lowest BCUT2D eigenvalue weighted by atomic mass is 9.85. The number of nitrogens with zero attached hydrogens (tertiary/aromatic N) is 1. The molecule has 0 aliphatic carbocycles. The lowest BCUT2D eigenvalue weighted by Gasteiger charge is -2.31. The Kier molecular flexibility index (Phi) is 7.15. The monoisotopic (exact) mass is 464 g/mol. The number of aryl methyl sites for hydroxylation is 1. The molecule has 5 nitrogen and oxygen atoms in total. The van der Waals surface area contributed by atoms with Crippen molar-refractivity contribution in [2.24, 2.45) is 10.9 Å². The summed E-state index contributed by atoms with van der Waals surface area (Å²) in [6, 6.07) is 21.2. The number of rotatable bonds is 7. The van der Waals surface area contributed by atoms with E-state index in [-0.39, 0.29) is 6.61 Å². The molecule has 168 valence electrons. The zero-order chi connectivity index (χ0) is 23.2. The first kappa shape index (κ1) is 22.7.